The van der Waals surface area contributed by atoms with Crippen LogP contribution in [0.1, 0.15) is 12.0 Å². The van der Waals surface area contributed by atoms with Gasteiger partial charge in [0.1, 0.15) is 0 Å². The maximum Gasteiger partial charge on any atom is 0.0671 e. The third kappa shape index (κ3) is 3.46. The Morgan fingerprint density at radius 3 is 2.82 bits per heavy atom. The van der Waals surface area contributed by atoms with Crippen molar-refractivity contribution in [2.45, 2.75) is 25.1 Å². The number of hydrogen-bond donors (Lipinski definition) is 1. The molecular formula is C12H16N4O. The zero-order valence-electron chi connectivity index (χ0n) is 9.61. The number of β-amino-alcohol motifs (C(OH)–C–C–N with tert-alkyl or cyclic N) is 1. The Morgan fingerprint density at radius 1 is 1.35 bits per heavy atom. The Morgan fingerprint density at radius 2 is 2.12 bits per heavy atom. The van der Waals surface area contributed by atoms with Gasteiger partial charge in [0, 0.05) is 24.5 Å². The molecule has 0 amide bonds. The Bertz CT molecular complexity index is 402. The average molecular weight is 232 g/mol. The van der Waals surface area contributed by atoms with E-state index in [1.807, 2.05) is 18.2 Å². The fourth-order valence-corrected chi connectivity index (χ4v) is 2.26. The van der Waals surface area contributed by atoms with E-state index in [1.54, 1.807) is 0 Å². The molecule has 1 aromatic rings. The minimum atomic E-state index is -0.400. The SMILES string of the molecule is [N-]=[N+]=NC1CC(O)CN(Cc2ccccc2)C1. The van der Waals surface area contributed by atoms with E-state index in [9.17, 15) is 5.11 Å². The Labute approximate surface area is 100 Å². The van der Waals surface area contributed by atoms with Crippen molar-refractivity contribution in [3.63, 3.8) is 0 Å². The van der Waals surface area contributed by atoms with Crippen LogP contribution in [0.15, 0.2) is 35.4 Å². The summed E-state index contributed by atoms with van der Waals surface area (Å²) in [7, 11) is 0. The van der Waals surface area contributed by atoms with Crippen LogP contribution in [0.2, 0.25) is 0 Å². The molecule has 1 heterocycles. The van der Waals surface area contributed by atoms with Crippen LogP contribution in [0.25, 0.3) is 10.4 Å². The fraction of sp³-hybridized carbons (Fsp3) is 0.500. The molecule has 5 nitrogen and oxygen atoms in total. The number of nitrogens with zero attached hydrogens (tertiary/aromatic N) is 4. The largest absolute Gasteiger partial charge is 0.392 e. The van der Waals surface area contributed by atoms with Gasteiger partial charge in [0.25, 0.3) is 0 Å². The van der Waals surface area contributed by atoms with Crippen molar-refractivity contribution in [1.82, 2.24) is 4.90 Å². The van der Waals surface area contributed by atoms with Gasteiger partial charge in [-0.3, -0.25) is 4.90 Å². The summed E-state index contributed by atoms with van der Waals surface area (Å²) in [5.41, 5.74) is 9.65. The minimum Gasteiger partial charge on any atom is -0.392 e. The summed E-state index contributed by atoms with van der Waals surface area (Å²) in [4.78, 5) is 4.95. The second-order valence-corrected chi connectivity index (χ2v) is 4.43. The lowest BCUT2D eigenvalue weighted by Gasteiger charge is -2.33. The van der Waals surface area contributed by atoms with E-state index in [0.717, 1.165) is 13.1 Å². The van der Waals surface area contributed by atoms with Crippen LogP contribution in [0, 0.1) is 0 Å². The van der Waals surface area contributed by atoms with Crippen LogP contribution in [0.4, 0.5) is 0 Å². The highest BCUT2D eigenvalue weighted by Crippen LogP contribution is 2.16. The summed E-state index contributed by atoms with van der Waals surface area (Å²) in [5.74, 6) is 0. The van der Waals surface area contributed by atoms with Gasteiger partial charge in [-0.25, -0.2) is 0 Å². The molecule has 0 radical (unpaired) electrons. The van der Waals surface area contributed by atoms with Crippen molar-refractivity contribution in [1.29, 1.82) is 0 Å². The first-order chi connectivity index (χ1) is 8.28. The van der Waals surface area contributed by atoms with E-state index >= 15 is 0 Å². The first-order valence-electron chi connectivity index (χ1n) is 5.76. The third-order valence-corrected chi connectivity index (χ3v) is 2.95. The van der Waals surface area contributed by atoms with Crippen LogP contribution in [0.5, 0.6) is 0 Å². The first kappa shape index (κ1) is 11.9. The zero-order valence-corrected chi connectivity index (χ0v) is 9.61. The van der Waals surface area contributed by atoms with E-state index in [2.05, 4.69) is 27.1 Å². The van der Waals surface area contributed by atoms with E-state index < -0.39 is 6.10 Å². The number of likely N-dealkylation sites (tertiary alicyclic amines) is 1. The quantitative estimate of drug-likeness (QED) is 0.491. The van der Waals surface area contributed by atoms with Gasteiger partial charge in [-0.1, -0.05) is 35.4 Å². The second kappa shape index (κ2) is 5.68. The predicted octanol–water partition coefficient (Wildman–Crippen LogP) is 1.93. The van der Waals surface area contributed by atoms with Crippen molar-refractivity contribution in [3.8, 4) is 0 Å². The first-order valence-corrected chi connectivity index (χ1v) is 5.76. The molecule has 1 fully saturated rings. The molecule has 0 bridgehead atoms. The highest BCUT2D eigenvalue weighted by Gasteiger charge is 2.24. The molecule has 2 unspecified atom stereocenters. The van der Waals surface area contributed by atoms with Gasteiger partial charge in [0.15, 0.2) is 0 Å². The van der Waals surface area contributed by atoms with Crippen LogP contribution < -0.4 is 0 Å². The van der Waals surface area contributed by atoms with Crippen molar-refractivity contribution < 1.29 is 5.11 Å². The molecule has 1 N–H and O–H groups in total. The molecule has 1 saturated heterocycles. The Kier molecular flexibility index (Phi) is 3.98. The number of azide groups is 1. The summed E-state index contributed by atoms with van der Waals surface area (Å²) in [5, 5.41) is 13.4. The molecule has 5 heteroatoms. The lowest BCUT2D eigenvalue weighted by molar-refractivity contribution is 0.0565. The molecule has 0 aliphatic carbocycles. The highest BCUT2D eigenvalue weighted by molar-refractivity contribution is 5.14. The van der Waals surface area contributed by atoms with Gasteiger partial charge in [-0.2, -0.15) is 0 Å². The van der Waals surface area contributed by atoms with Gasteiger partial charge in [-0.15, -0.1) is 0 Å². The van der Waals surface area contributed by atoms with E-state index in [1.165, 1.54) is 5.56 Å². The Balaban J connectivity index is 1.98. The van der Waals surface area contributed by atoms with Gasteiger partial charge in [-0.05, 0) is 17.5 Å². The molecule has 17 heavy (non-hydrogen) atoms. The molecule has 90 valence electrons. The maximum absolute atomic E-state index is 9.73. The highest BCUT2D eigenvalue weighted by atomic mass is 16.3. The normalized spacial score (nSPS) is 25.2. The summed E-state index contributed by atoms with van der Waals surface area (Å²) >= 11 is 0. The maximum atomic E-state index is 9.73. The lowest BCUT2D eigenvalue weighted by Crippen LogP contribution is -2.44. The fourth-order valence-electron chi connectivity index (χ4n) is 2.26. The zero-order chi connectivity index (χ0) is 12.1. The summed E-state index contributed by atoms with van der Waals surface area (Å²) in [6.07, 6.45) is 0.165. The molecular weight excluding hydrogens is 216 g/mol. The van der Waals surface area contributed by atoms with Crippen molar-refractivity contribution in [2.75, 3.05) is 13.1 Å². The summed E-state index contributed by atoms with van der Waals surface area (Å²) < 4.78 is 0. The van der Waals surface area contributed by atoms with Crippen LogP contribution in [-0.2, 0) is 6.54 Å². The molecule has 1 aliphatic rings. The standard InChI is InChI=1S/C12H16N4O/c13-15-14-11-6-12(17)9-16(8-11)7-10-4-2-1-3-5-10/h1-5,11-12,17H,6-9H2. The van der Waals surface area contributed by atoms with E-state index in [4.69, 9.17) is 5.53 Å². The van der Waals surface area contributed by atoms with Gasteiger partial charge >= 0.3 is 0 Å². The number of aliphatic hydroxyl groups is 1. The number of hydrogen-bond acceptors (Lipinski definition) is 3. The molecule has 0 saturated carbocycles. The molecule has 1 aromatic carbocycles. The lowest BCUT2D eigenvalue weighted by atomic mass is 10.0. The number of aliphatic hydroxyl groups excluding tert-OH is 1. The Hall–Kier alpha value is -1.55. The summed E-state index contributed by atoms with van der Waals surface area (Å²) in [6, 6.07) is 9.98. The van der Waals surface area contributed by atoms with Gasteiger partial charge in [0.05, 0.1) is 12.1 Å². The van der Waals surface area contributed by atoms with Crippen LogP contribution in [0.3, 0.4) is 0 Å². The monoisotopic (exact) mass is 232 g/mol. The van der Waals surface area contributed by atoms with Crippen molar-refractivity contribution >= 4 is 0 Å². The van der Waals surface area contributed by atoms with E-state index in [-0.39, 0.29) is 6.04 Å². The average Bonchev–Trinajstić information content (AvgIpc) is 2.30. The second-order valence-electron chi connectivity index (χ2n) is 4.43. The predicted molar refractivity (Wildman–Crippen MR) is 65.3 cm³/mol. The topological polar surface area (TPSA) is 72.2 Å². The molecule has 2 atom stereocenters. The number of benzene rings is 1. The minimum absolute atomic E-state index is 0.118. The van der Waals surface area contributed by atoms with Gasteiger partial charge < -0.3 is 5.11 Å². The molecule has 0 aromatic heterocycles. The number of piperidine rings is 1. The van der Waals surface area contributed by atoms with Crippen LogP contribution in [-0.4, -0.2) is 35.2 Å². The third-order valence-electron chi connectivity index (χ3n) is 2.95. The van der Waals surface area contributed by atoms with Crippen LogP contribution >= 0.6 is 0 Å². The van der Waals surface area contributed by atoms with Crippen molar-refractivity contribution in [2.24, 2.45) is 5.11 Å². The molecule has 0 spiro atoms. The summed E-state index contributed by atoms with van der Waals surface area (Å²) in [6.45, 7) is 2.15. The van der Waals surface area contributed by atoms with E-state index in [0.29, 0.717) is 13.0 Å². The molecule has 2 rings (SSSR count). The smallest absolute Gasteiger partial charge is 0.0671 e. The van der Waals surface area contributed by atoms with Gasteiger partial charge in [0.2, 0.25) is 0 Å². The van der Waals surface area contributed by atoms with Crippen molar-refractivity contribution in [3.05, 3.63) is 46.3 Å². The molecule has 1 aliphatic heterocycles. The number of rotatable bonds is 3.